The van der Waals surface area contributed by atoms with Gasteiger partial charge in [-0.05, 0) is 23.6 Å². The minimum Gasteiger partial charge on any atom is -0.363 e. The first-order chi connectivity index (χ1) is 9.97. The Morgan fingerprint density at radius 2 is 2.00 bits per heavy atom. The predicted octanol–water partition coefficient (Wildman–Crippen LogP) is 2.72. The molecule has 5 nitrogen and oxygen atoms in total. The number of hydrogen-bond acceptors (Lipinski definition) is 4. The number of aromatic nitrogens is 3. The SMILES string of the molecule is CC(C)c1nn(C)cc1CNCc1ccnc(N(C)C)c1.Cl. The molecule has 2 aromatic heterocycles. The third-order valence-corrected chi connectivity index (χ3v) is 3.40. The van der Waals surface area contributed by atoms with Crippen LogP contribution in [0.3, 0.4) is 0 Å². The van der Waals surface area contributed by atoms with Crippen molar-refractivity contribution >= 4 is 18.2 Å². The normalized spacial score (nSPS) is 10.6. The molecule has 0 aliphatic carbocycles. The quantitative estimate of drug-likeness (QED) is 0.888. The van der Waals surface area contributed by atoms with E-state index in [1.54, 1.807) is 0 Å². The van der Waals surface area contributed by atoms with Gasteiger partial charge in [-0.2, -0.15) is 5.10 Å². The Morgan fingerprint density at radius 3 is 2.64 bits per heavy atom. The summed E-state index contributed by atoms with van der Waals surface area (Å²) >= 11 is 0. The summed E-state index contributed by atoms with van der Waals surface area (Å²) < 4.78 is 1.89. The Balaban J connectivity index is 0.00000242. The molecule has 122 valence electrons. The molecule has 0 fully saturated rings. The maximum atomic E-state index is 4.53. The number of aryl methyl sites for hydroxylation is 1. The van der Waals surface area contributed by atoms with Gasteiger partial charge in [0.15, 0.2) is 0 Å². The molecule has 0 atom stereocenters. The van der Waals surface area contributed by atoms with Crippen LogP contribution >= 0.6 is 12.4 Å². The highest BCUT2D eigenvalue weighted by Gasteiger charge is 2.10. The molecule has 0 amide bonds. The number of nitrogens with zero attached hydrogens (tertiary/aromatic N) is 4. The molecular formula is C16H26ClN5. The summed E-state index contributed by atoms with van der Waals surface area (Å²) in [4.78, 5) is 6.35. The monoisotopic (exact) mass is 323 g/mol. The zero-order chi connectivity index (χ0) is 15.4. The van der Waals surface area contributed by atoms with Crippen LogP contribution in [0.25, 0.3) is 0 Å². The smallest absolute Gasteiger partial charge is 0.128 e. The first-order valence-corrected chi connectivity index (χ1v) is 7.32. The van der Waals surface area contributed by atoms with E-state index in [1.165, 1.54) is 16.8 Å². The second kappa shape index (κ2) is 8.15. The molecule has 0 bridgehead atoms. The number of nitrogens with one attached hydrogen (secondary N) is 1. The lowest BCUT2D eigenvalue weighted by atomic mass is 10.1. The third kappa shape index (κ3) is 4.71. The van der Waals surface area contributed by atoms with E-state index in [9.17, 15) is 0 Å². The van der Waals surface area contributed by atoms with E-state index in [2.05, 4.69) is 41.5 Å². The van der Waals surface area contributed by atoms with Crippen molar-refractivity contribution in [1.82, 2.24) is 20.1 Å². The summed E-state index contributed by atoms with van der Waals surface area (Å²) in [5, 5.41) is 8.03. The number of anilines is 1. The van der Waals surface area contributed by atoms with Gasteiger partial charge in [0.25, 0.3) is 0 Å². The fraction of sp³-hybridized carbons (Fsp3) is 0.500. The van der Waals surface area contributed by atoms with Crippen molar-refractivity contribution in [2.75, 3.05) is 19.0 Å². The minimum atomic E-state index is 0. The summed E-state index contributed by atoms with van der Waals surface area (Å²) in [5.74, 6) is 1.43. The zero-order valence-corrected chi connectivity index (χ0v) is 14.8. The first kappa shape index (κ1) is 18.5. The van der Waals surface area contributed by atoms with Crippen LogP contribution in [-0.4, -0.2) is 28.9 Å². The molecule has 2 aromatic rings. The molecule has 0 saturated carbocycles. The van der Waals surface area contributed by atoms with E-state index < -0.39 is 0 Å². The van der Waals surface area contributed by atoms with Gasteiger partial charge in [-0.25, -0.2) is 4.98 Å². The lowest BCUT2D eigenvalue weighted by Crippen LogP contribution is -2.15. The van der Waals surface area contributed by atoms with Crippen molar-refractivity contribution in [3.8, 4) is 0 Å². The predicted molar refractivity (Wildman–Crippen MR) is 93.7 cm³/mol. The highest BCUT2D eigenvalue weighted by atomic mass is 35.5. The van der Waals surface area contributed by atoms with Gasteiger partial charge in [0.1, 0.15) is 5.82 Å². The van der Waals surface area contributed by atoms with Gasteiger partial charge < -0.3 is 10.2 Å². The van der Waals surface area contributed by atoms with E-state index in [-0.39, 0.29) is 12.4 Å². The van der Waals surface area contributed by atoms with E-state index >= 15 is 0 Å². The van der Waals surface area contributed by atoms with Gasteiger partial charge in [0.2, 0.25) is 0 Å². The van der Waals surface area contributed by atoms with Gasteiger partial charge in [0.05, 0.1) is 5.69 Å². The van der Waals surface area contributed by atoms with E-state index in [0.29, 0.717) is 5.92 Å². The third-order valence-electron chi connectivity index (χ3n) is 3.40. The van der Waals surface area contributed by atoms with Crippen molar-refractivity contribution < 1.29 is 0 Å². The van der Waals surface area contributed by atoms with Crippen molar-refractivity contribution in [2.45, 2.75) is 32.9 Å². The number of halogens is 1. The summed E-state index contributed by atoms with van der Waals surface area (Å²) in [7, 11) is 5.98. The number of rotatable bonds is 6. The maximum absolute atomic E-state index is 4.53. The van der Waals surface area contributed by atoms with Crippen LogP contribution in [0, 0.1) is 0 Å². The number of pyridine rings is 1. The molecule has 22 heavy (non-hydrogen) atoms. The van der Waals surface area contributed by atoms with E-state index in [0.717, 1.165) is 18.9 Å². The van der Waals surface area contributed by atoms with E-state index in [1.807, 2.05) is 43.0 Å². The second-order valence-corrected chi connectivity index (χ2v) is 5.89. The standard InChI is InChI=1S/C16H25N5.ClH/c1-12(2)16-14(11-21(5)19-16)10-17-9-13-6-7-18-15(8-13)20(3)4;/h6-8,11-12,17H,9-10H2,1-5H3;1H. The molecule has 0 aliphatic rings. The maximum Gasteiger partial charge on any atom is 0.128 e. The average molecular weight is 324 g/mol. The fourth-order valence-electron chi connectivity index (χ4n) is 2.33. The average Bonchev–Trinajstić information content (AvgIpc) is 2.80. The van der Waals surface area contributed by atoms with Gasteiger partial charge in [-0.1, -0.05) is 13.8 Å². The van der Waals surface area contributed by atoms with Crippen LogP contribution in [0.2, 0.25) is 0 Å². The van der Waals surface area contributed by atoms with Crippen molar-refractivity contribution in [3.05, 3.63) is 41.3 Å². The molecule has 1 N–H and O–H groups in total. The molecule has 0 radical (unpaired) electrons. The zero-order valence-electron chi connectivity index (χ0n) is 14.0. The Morgan fingerprint density at radius 1 is 1.27 bits per heavy atom. The van der Waals surface area contributed by atoms with Crippen LogP contribution in [0.1, 0.15) is 36.6 Å². The highest BCUT2D eigenvalue weighted by Crippen LogP contribution is 2.17. The van der Waals surface area contributed by atoms with Crippen molar-refractivity contribution in [3.63, 3.8) is 0 Å². The summed E-state index contributed by atoms with van der Waals surface area (Å²) in [5.41, 5.74) is 3.69. The molecule has 0 aromatic carbocycles. The van der Waals surface area contributed by atoms with Gasteiger partial charge in [-0.15, -0.1) is 12.4 Å². The van der Waals surface area contributed by atoms with Crippen molar-refractivity contribution in [2.24, 2.45) is 7.05 Å². The molecule has 0 spiro atoms. The van der Waals surface area contributed by atoms with Gasteiger partial charge in [0, 0.05) is 52.2 Å². The van der Waals surface area contributed by atoms with Crippen molar-refractivity contribution in [1.29, 1.82) is 0 Å². The molecule has 0 saturated heterocycles. The van der Waals surface area contributed by atoms with Crippen LogP contribution in [-0.2, 0) is 20.1 Å². The second-order valence-electron chi connectivity index (χ2n) is 5.89. The summed E-state index contributed by atoms with van der Waals surface area (Å²) in [6.07, 6.45) is 3.95. The molecule has 0 unspecified atom stereocenters. The Labute approximate surface area is 139 Å². The summed E-state index contributed by atoms with van der Waals surface area (Å²) in [6, 6.07) is 4.16. The largest absolute Gasteiger partial charge is 0.363 e. The lowest BCUT2D eigenvalue weighted by molar-refractivity contribution is 0.677. The van der Waals surface area contributed by atoms with Crippen LogP contribution < -0.4 is 10.2 Å². The molecule has 6 heteroatoms. The molecule has 2 rings (SSSR count). The van der Waals surface area contributed by atoms with Crippen LogP contribution in [0.5, 0.6) is 0 Å². The Bertz CT molecular complexity index is 592. The Hall–Kier alpha value is -1.59. The van der Waals surface area contributed by atoms with Gasteiger partial charge >= 0.3 is 0 Å². The topological polar surface area (TPSA) is 46.0 Å². The minimum absolute atomic E-state index is 0. The first-order valence-electron chi connectivity index (χ1n) is 7.32. The summed E-state index contributed by atoms with van der Waals surface area (Å²) in [6.45, 7) is 6.02. The fourth-order valence-corrected chi connectivity index (χ4v) is 2.33. The van der Waals surface area contributed by atoms with Crippen LogP contribution in [0.15, 0.2) is 24.5 Å². The molecule has 2 heterocycles. The van der Waals surface area contributed by atoms with Crippen LogP contribution in [0.4, 0.5) is 5.82 Å². The molecule has 0 aliphatic heterocycles. The van der Waals surface area contributed by atoms with Gasteiger partial charge in [-0.3, -0.25) is 4.68 Å². The number of hydrogen-bond donors (Lipinski definition) is 1. The molecular weight excluding hydrogens is 298 g/mol. The highest BCUT2D eigenvalue weighted by molar-refractivity contribution is 5.85. The van der Waals surface area contributed by atoms with E-state index in [4.69, 9.17) is 0 Å². The lowest BCUT2D eigenvalue weighted by Gasteiger charge is -2.12. The Kier molecular flexibility index (Phi) is 6.84.